The third-order valence-electron chi connectivity index (χ3n) is 3.24. The zero-order valence-electron chi connectivity index (χ0n) is 10.3. The minimum Gasteiger partial charge on any atom is -0.338 e. The molecule has 94 valence electrons. The molecule has 1 heterocycles. The van der Waals surface area contributed by atoms with Gasteiger partial charge in [0.2, 0.25) is 0 Å². The summed E-state index contributed by atoms with van der Waals surface area (Å²) in [5, 5.41) is 13.4. The monoisotopic (exact) mass is 237 g/mol. The third-order valence-corrected chi connectivity index (χ3v) is 3.24. The van der Waals surface area contributed by atoms with Crippen LogP contribution >= 0.6 is 0 Å². The quantitative estimate of drug-likeness (QED) is 0.794. The van der Waals surface area contributed by atoms with Crippen molar-refractivity contribution in [3.63, 3.8) is 0 Å². The van der Waals surface area contributed by atoms with Crippen LogP contribution in [0.5, 0.6) is 0 Å². The first-order chi connectivity index (χ1) is 8.20. The lowest BCUT2D eigenvalue weighted by Crippen LogP contribution is -2.36. The molecule has 6 heteroatoms. The summed E-state index contributed by atoms with van der Waals surface area (Å²) in [4.78, 5) is 11.5. The van der Waals surface area contributed by atoms with Gasteiger partial charge in [-0.1, -0.05) is 6.92 Å². The van der Waals surface area contributed by atoms with Crippen LogP contribution in [-0.4, -0.2) is 27.3 Å². The molecule has 17 heavy (non-hydrogen) atoms. The number of aryl methyl sites for hydroxylation is 1. The van der Waals surface area contributed by atoms with Crippen molar-refractivity contribution in [2.45, 2.75) is 33.4 Å². The molecule has 2 atom stereocenters. The van der Waals surface area contributed by atoms with Gasteiger partial charge >= 0.3 is 6.03 Å². The van der Waals surface area contributed by atoms with Crippen molar-refractivity contribution >= 4 is 6.03 Å². The molecule has 0 saturated heterocycles. The van der Waals surface area contributed by atoms with E-state index in [1.165, 1.54) is 6.42 Å². The summed E-state index contributed by atoms with van der Waals surface area (Å²) in [6.07, 6.45) is 2.89. The number of hydrogen-bond acceptors (Lipinski definition) is 3. The largest absolute Gasteiger partial charge is 0.338 e. The van der Waals surface area contributed by atoms with E-state index in [1.54, 1.807) is 6.33 Å². The number of nitrogens with one attached hydrogen (secondary N) is 2. The van der Waals surface area contributed by atoms with E-state index in [9.17, 15) is 4.79 Å². The van der Waals surface area contributed by atoms with E-state index in [2.05, 4.69) is 27.8 Å². The summed E-state index contributed by atoms with van der Waals surface area (Å²) in [6.45, 7) is 6.22. The van der Waals surface area contributed by atoms with Crippen molar-refractivity contribution in [2.24, 2.45) is 11.8 Å². The Hall–Kier alpha value is -1.59. The van der Waals surface area contributed by atoms with Gasteiger partial charge in [0, 0.05) is 13.1 Å². The van der Waals surface area contributed by atoms with Gasteiger partial charge in [-0.15, -0.1) is 10.2 Å². The minimum absolute atomic E-state index is 0.130. The highest BCUT2D eigenvalue weighted by Crippen LogP contribution is 2.36. The lowest BCUT2D eigenvalue weighted by molar-refractivity contribution is 0.239. The molecular formula is C11H19N5O. The number of rotatable bonds is 5. The summed E-state index contributed by atoms with van der Waals surface area (Å²) < 4.78 is 1.91. The fourth-order valence-corrected chi connectivity index (χ4v) is 1.81. The first kappa shape index (κ1) is 11.9. The number of carbonyl (C=O) groups excluding carboxylic acids is 1. The fourth-order valence-electron chi connectivity index (χ4n) is 1.81. The number of nitrogens with zero attached hydrogens (tertiary/aromatic N) is 3. The average molecular weight is 237 g/mol. The molecule has 0 aliphatic heterocycles. The van der Waals surface area contributed by atoms with E-state index in [4.69, 9.17) is 0 Å². The van der Waals surface area contributed by atoms with Crippen LogP contribution in [0.15, 0.2) is 6.33 Å². The van der Waals surface area contributed by atoms with Crippen molar-refractivity contribution in [3.8, 4) is 0 Å². The van der Waals surface area contributed by atoms with Crippen molar-refractivity contribution in [1.82, 2.24) is 25.4 Å². The second-order valence-corrected chi connectivity index (χ2v) is 4.57. The van der Waals surface area contributed by atoms with Crippen LogP contribution in [0, 0.1) is 11.8 Å². The molecule has 1 saturated carbocycles. The highest BCUT2D eigenvalue weighted by atomic mass is 16.2. The third kappa shape index (κ3) is 3.18. The Labute approximate surface area is 101 Å². The van der Waals surface area contributed by atoms with E-state index in [0.29, 0.717) is 12.5 Å². The Morgan fingerprint density at radius 1 is 1.59 bits per heavy atom. The minimum atomic E-state index is -0.130. The first-order valence-electron chi connectivity index (χ1n) is 6.09. The van der Waals surface area contributed by atoms with Gasteiger partial charge < -0.3 is 15.2 Å². The molecule has 2 amide bonds. The number of carbonyl (C=O) groups is 1. The molecular weight excluding hydrogens is 218 g/mol. The molecule has 2 rings (SSSR count). The van der Waals surface area contributed by atoms with Gasteiger partial charge in [0.25, 0.3) is 0 Å². The number of hydrogen-bond donors (Lipinski definition) is 2. The van der Waals surface area contributed by atoms with Gasteiger partial charge in [0.1, 0.15) is 6.33 Å². The molecule has 2 unspecified atom stereocenters. The Morgan fingerprint density at radius 2 is 2.35 bits per heavy atom. The van der Waals surface area contributed by atoms with Gasteiger partial charge in [-0.3, -0.25) is 0 Å². The van der Waals surface area contributed by atoms with E-state index in [0.717, 1.165) is 24.8 Å². The zero-order valence-corrected chi connectivity index (χ0v) is 10.3. The maximum atomic E-state index is 11.5. The Balaban J connectivity index is 1.68. The Kier molecular flexibility index (Phi) is 3.61. The molecule has 0 spiro atoms. The van der Waals surface area contributed by atoms with Gasteiger partial charge in [-0.25, -0.2) is 4.79 Å². The first-order valence-corrected chi connectivity index (χ1v) is 6.09. The predicted octanol–water partition coefficient (Wildman–Crippen LogP) is 0.753. The normalized spacial score (nSPS) is 22.2. The molecule has 0 radical (unpaired) electrons. The molecule has 0 aromatic carbocycles. The predicted molar refractivity (Wildman–Crippen MR) is 63.2 cm³/mol. The molecule has 6 nitrogen and oxygen atoms in total. The van der Waals surface area contributed by atoms with Gasteiger partial charge in [0.05, 0.1) is 6.54 Å². The fraction of sp³-hybridized carbons (Fsp3) is 0.727. The molecule has 1 aromatic heterocycles. The lowest BCUT2D eigenvalue weighted by Gasteiger charge is -2.07. The number of urea groups is 1. The molecule has 1 aliphatic carbocycles. The maximum absolute atomic E-state index is 11.5. The Morgan fingerprint density at radius 3 is 3.00 bits per heavy atom. The van der Waals surface area contributed by atoms with Crippen LogP contribution in [0.25, 0.3) is 0 Å². The summed E-state index contributed by atoms with van der Waals surface area (Å²) in [6, 6.07) is -0.130. The van der Waals surface area contributed by atoms with Crippen LogP contribution in [0.1, 0.15) is 26.1 Å². The van der Waals surface area contributed by atoms with E-state index in [1.807, 2.05) is 11.5 Å². The molecule has 0 bridgehead atoms. The van der Waals surface area contributed by atoms with Crippen molar-refractivity contribution in [3.05, 3.63) is 12.2 Å². The highest BCUT2D eigenvalue weighted by Gasteiger charge is 2.32. The van der Waals surface area contributed by atoms with Crippen LogP contribution in [0.2, 0.25) is 0 Å². The molecule has 2 N–H and O–H groups in total. The summed E-state index contributed by atoms with van der Waals surface area (Å²) >= 11 is 0. The van der Waals surface area contributed by atoms with Crippen LogP contribution < -0.4 is 10.6 Å². The van der Waals surface area contributed by atoms with E-state index >= 15 is 0 Å². The lowest BCUT2D eigenvalue weighted by atomic mass is 10.3. The summed E-state index contributed by atoms with van der Waals surface area (Å²) in [7, 11) is 0. The summed E-state index contributed by atoms with van der Waals surface area (Å²) in [5.74, 6) is 2.21. The number of amides is 2. The van der Waals surface area contributed by atoms with Crippen LogP contribution in [0.3, 0.4) is 0 Å². The smallest absolute Gasteiger partial charge is 0.315 e. The topological polar surface area (TPSA) is 71.8 Å². The van der Waals surface area contributed by atoms with Crippen molar-refractivity contribution < 1.29 is 4.79 Å². The molecule has 1 aromatic rings. The Bertz CT molecular complexity index is 389. The van der Waals surface area contributed by atoms with Crippen molar-refractivity contribution in [1.29, 1.82) is 0 Å². The van der Waals surface area contributed by atoms with E-state index in [-0.39, 0.29) is 6.03 Å². The van der Waals surface area contributed by atoms with Crippen LogP contribution in [0.4, 0.5) is 4.79 Å². The standard InChI is InChI=1S/C11H19N5O/c1-3-16-7-14-15-10(16)6-13-11(17)12-5-9-4-8(9)2/h7-9H,3-6H2,1-2H3,(H2,12,13,17). The van der Waals surface area contributed by atoms with Crippen LogP contribution in [-0.2, 0) is 13.1 Å². The maximum Gasteiger partial charge on any atom is 0.315 e. The number of aromatic nitrogens is 3. The summed E-state index contributed by atoms with van der Waals surface area (Å²) in [5.41, 5.74) is 0. The SMILES string of the molecule is CCn1cnnc1CNC(=O)NCC1CC1C. The van der Waals surface area contributed by atoms with Gasteiger partial charge in [0.15, 0.2) is 5.82 Å². The van der Waals surface area contributed by atoms with Gasteiger partial charge in [-0.05, 0) is 25.2 Å². The second-order valence-electron chi connectivity index (χ2n) is 4.57. The highest BCUT2D eigenvalue weighted by molar-refractivity contribution is 5.73. The van der Waals surface area contributed by atoms with Gasteiger partial charge in [-0.2, -0.15) is 0 Å². The average Bonchev–Trinajstić information content (AvgIpc) is 2.86. The van der Waals surface area contributed by atoms with Crippen molar-refractivity contribution in [2.75, 3.05) is 6.54 Å². The molecule has 1 fully saturated rings. The second kappa shape index (κ2) is 5.16. The zero-order chi connectivity index (χ0) is 12.3. The molecule has 1 aliphatic rings. The van der Waals surface area contributed by atoms with E-state index < -0.39 is 0 Å².